The maximum absolute atomic E-state index is 12.5. The number of hydrogen-bond donors (Lipinski definition) is 3. The van der Waals surface area contributed by atoms with Gasteiger partial charge in [0.2, 0.25) is 11.8 Å². The fourth-order valence-corrected chi connectivity index (χ4v) is 3.12. The minimum absolute atomic E-state index is 0.167. The van der Waals surface area contributed by atoms with Crippen LogP contribution in [0.2, 0.25) is 0 Å². The molecule has 0 radical (unpaired) electrons. The Morgan fingerprint density at radius 3 is 2.21 bits per heavy atom. The van der Waals surface area contributed by atoms with Gasteiger partial charge in [-0.2, -0.15) is 0 Å². The van der Waals surface area contributed by atoms with Gasteiger partial charge in [-0.25, -0.2) is 0 Å². The zero-order chi connectivity index (χ0) is 17.7. The van der Waals surface area contributed by atoms with Crippen molar-refractivity contribution in [2.75, 3.05) is 5.32 Å². The van der Waals surface area contributed by atoms with E-state index in [1.165, 1.54) is 6.92 Å². The summed E-state index contributed by atoms with van der Waals surface area (Å²) in [6.07, 6.45) is 4.03. The molecule has 1 aliphatic rings. The highest BCUT2D eigenvalue weighted by Crippen LogP contribution is 2.28. The lowest BCUT2D eigenvalue weighted by molar-refractivity contribution is -0.138. The smallest absolute Gasteiger partial charge is 0.310 e. The van der Waals surface area contributed by atoms with E-state index in [9.17, 15) is 14.4 Å². The van der Waals surface area contributed by atoms with E-state index in [-0.39, 0.29) is 17.7 Å². The molecule has 1 saturated carbocycles. The number of carboxylic acids is 1. The highest BCUT2D eigenvalue weighted by atomic mass is 16.4. The second-order valence-electron chi connectivity index (χ2n) is 6.39. The number of nitrogens with one attached hydrogen (secondary N) is 2. The summed E-state index contributed by atoms with van der Waals surface area (Å²) in [5, 5.41) is 14.6. The monoisotopic (exact) mass is 332 g/mol. The summed E-state index contributed by atoms with van der Waals surface area (Å²) >= 11 is 0. The van der Waals surface area contributed by atoms with Crippen molar-refractivity contribution in [1.82, 2.24) is 5.32 Å². The second kappa shape index (κ2) is 7.95. The van der Waals surface area contributed by atoms with Gasteiger partial charge in [-0.1, -0.05) is 25.0 Å². The number of carboxylic acid groups (broad SMARTS) is 1. The molecule has 0 spiro atoms. The summed E-state index contributed by atoms with van der Waals surface area (Å²) in [6, 6.07) is 6.23. The highest BCUT2D eigenvalue weighted by Gasteiger charge is 2.31. The first-order valence-corrected chi connectivity index (χ1v) is 8.29. The van der Waals surface area contributed by atoms with Crippen molar-refractivity contribution in [2.24, 2.45) is 5.92 Å². The number of carbonyl (C=O) groups is 3. The van der Waals surface area contributed by atoms with E-state index in [0.717, 1.165) is 25.7 Å². The lowest BCUT2D eigenvalue weighted by Crippen LogP contribution is -2.47. The molecule has 3 N–H and O–H groups in total. The predicted octanol–water partition coefficient (Wildman–Crippen LogP) is 2.51. The van der Waals surface area contributed by atoms with Gasteiger partial charge in [-0.3, -0.25) is 14.4 Å². The Hall–Kier alpha value is -2.37. The van der Waals surface area contributed by atoms with Crippen molar-refractivity contribution in [3.63, 3.8) is 0 Å². The van der Waals surface area contributed by atoms with E-state index in [2.05, 4.69) is 10.6 Å². The molecule has 6 nitrogen and oxygen atoms in total. The van der Waals surface area contributed by atoms with Crippen LogP contribution >= 0.6 is 0 Å². The molecule has 0 aliphatic heterocycles. The fraction of sp³-hybridized carbons (Fsp3) is 0.500. The van der Waals surface area contributed by atoms with Crippen LogP contribution in [-0.2, 0) is 14.4 Å². The molecule has 0 bridgehead atoms. The van der Waals surface area contributed by atoms with Crippen LogP contribution in [0.15, 0.2) is 24.3 Å². The molecule has 0 saturated heterocycles. The molecule has 130 valence electrons. The highest BCUT2D eigenvalue weighted by molar-refractivity contribution is 5.97. The molecule has 24 heavy (non-hydrogen) atoms. The summed E-state index contributed by atoms with van der Waals surface area (Å²) < 4.78 is 0. The molecular weight excluding hydrogens is 308 g/mol. The number of anilines is 1. The molecule has 1 aromatic carbocycles. The predicted molar refractivity (Wildman–Crippen MR) is 90.7 cm³/mol. The van der Waals surface area contributed by atoms with Gasteiger partial charge < -0.3 is 15.7 Å². The van der Waals surface area contributed by atoms with Crippen molar-refractivity contribution in [3.05, 3.63) is 29.8 Å². The van der Waals surface area contributed by atoms with Crippen molar-refractivity contribution in [1.29, 1.82) is 0 Å². The lowest BCUT2D eigenvalue weighted by atomic mass is 9.97. The molecule has 2 amide bonds. The van der Waals surface area contributed by atoms with Gasteiger partial charge in [0.15, 0.2) is 0 Å². The third kappa shape index (κ3) is 4.57. The van der Waals surface area contributed by atoms with Gasteiger partial charge >= 0.3 is 5.97 Å². The fourth-order valence-electron chi connectivity index (χ4n) is 3.12. The summed E-state index contributed by atoms with van der Waals surface area (Å²) in [5.74, 6) is -1.76. The van der Waals surface area contributed by atoms with Gasteiger partial charge in [-0.15, -0.1) is 0 Å². The van der Waals surface area contributed by atoms with E-state index < -0.39 is 17.9 Å². The Kier molecular flexibility index (Phi) is 5.95. The number of carbonyl (C=O) groups excluding carboxylic acids is 2. The average molecular weight is 332 g/mol. The third-order valence-electron chi connectivity index (χ3n) is 4.56. The molecule has 1 aromatic rings. The maximum atomic E-state index is 12.5. The summed E-state index contributed by atoms with van der Waals surface area (Å²) in [6.45, 7) is 3.03. The molecule has 1 fully saturated rings. The average Bonchev–Trinajstić information content (AvgIpc) is 3.06. The zero-order valence-electron chi connectivity index (χ0n) is 14.0. The number of hydrogen-bond acceptors (Lipinski definition) is 3. The van der Waals surface area contributed by atoms with Crippen molar-refractivity contribution in [3.8, 4) is 0 Å². The van der Waals surface area contributed by atoms with Gasteiger partial charge in [0.05, 0.1) is 5.92 Å². The lowest BCUT2D eigenvalue weighted by Gasteiger charge is -2.23. The molecule has 2 atom stereocenters. The maximum Gasteiger partial charge on any atom is 0.310 e. The van der Waals surface area contributed by atoms with Crippen LogP contribution in [0.3, 0.4) is 0 Å². The molecule has 0 heterocycles. The van der Waals surface area contributed by atoms with Crippen LogP contribution in [-0.4, -0.2) is 28.9 Å². The third-order valence-corrected chi connectivity index (χ3v) is 4.56. The van der Waals surface area contributed by atoms with Gasteiger partial charge in [0, 0.05) is 12.6 Å². The Balaban J connectivity index is 2.05. The van der Waals surface area contributed by atoms with E-state index in [1.54, 1.807) is 31.2 Å². The van der Waals surface area contributed by atoms with E-state index in [1.807, 2.05) is 0 Å². The normalized spacial score (nSPS) is 17.1. The first kappa shape index (κ1) is 18.0. The number of amides is 2. The zero-order valence-corrected chi connectivity index (χ0v) is 14.0. The van der Waals surface area contributed by atoms with Crippen molar-refractivity contribution >= 4 is 23.5 Å². The van der Waals surface area contributed by atoms with Crippen LogP contribution < -0.4 is 10.6 Å². The SMILES string of the molecule is CC(=O)NC(C(=O)Nc1ccc(C(C)C(=O)O)cc1)C1CCCC1. The topological polar surface area (TPSA) is 95.5 Å². The Labute approximate surface area is 141 Å². The van der Waals surface area contributed by atoms with Gasteiger partial charge in [0.25, 0.3) is 0 Å². The summed E-state index contributed by atoms with van der Waals surface area (Å²) in [7, 11) is 0. The van der Waals surface area contributed by atoms with Crippen molar-refractivity contribution in [2.45, 2.75) is 51.5 Å². The first-order valence-electron chi connectivity index (χ1n) is 8.29. The van der Waals surface area contributed by atoms with E-state index >= 15 is 0 Å². The summed E-state index contributed by atoms with van der Waals surface area (Å²) in [5.41, 5.74) is 1.27. The molecule has 2 unspecified atom stereocenters. The Morgan fingerprint density at radius 2 is 1.71 bits per heavy atom. The molecule has 1 aliphatic carbocycles. The Morgan fingerprint density at radius 1 is 1.12 bits per heavy atom. The molecular formula is C18H24N2O4. The quantitative estimate of drug-likeness (QED) is 0.746. The number of aliphatic carboxylic acids is 1. The van der Waals surface area contributed by atoms with Crippen LogP contribution in [0.5, 0.6) is 0 Å². The van der Waals surface area contributed by atoms with Crippen LogP contribution in [0, 0.1) is 5.92 Å². The first-order chi connectivity index (χ1) is 11.4. The minimum Gasteiger partial charge on any atom is -0.481 e. The van der Waals surface area contributed by atoms with Crippen LogP contribution in [0.4, 0.5) is 5.69 Å². The number of rotatable bonds is 6. The standard InChI is InChI=1S/C18H24N2O4/c1-11(18(23)24)13-7-9-15(10-8-13)20-17(22)16(19-12(2)21)14-5-3-4-6-14/h7-11,14,16H,3-6H2,1-2H3,(H,19,21)(H,20,22)(H,23,24). The van der Waals surface area contributed by atoms with E-state index in [4.69, 9.17) is 5.11 Å². The number of benzene rings is 1. The van der Waals surface area contributed by atoms with Gasteiger partial charge in [0.1, 0.15) is 6.04 Å². The molecule has 6 heteroatoms. The van der Waals surface area contributed by atoms with E-state index in [0.29, 0.717) is 11.3 Å². The second-order valence-corrected chi connectivity index (χ2v) is 6.39. The Bertz CT molecular complexity index is 606. The molecule has 0 aromatic heterocycles. The van der Waals surface area contributed by atoms with Crippen molar-refractivity contribution < 1.29 is 19.5 Å². The van der Waals surface area contributed by atoms with Crippen LogP contribution in [0.1, 0.15) is 51.0 Å². The van der Waals surface area contributed by atoms with Gasteiger partial charge in [-0.05, 0) is 43.4 Å². The minimum atomic E-state index is -0.890. The molecule has 2 rings (SSSR count). The summed E-state index contributed by atoms with van der Waals surface area (Å²) in [4.78, 5) is 34.9. The van der Waals surface area contributed by atoms with Crippen LogP contribution in [0.25, 0.3) is 0 Å². The largest absolute Gasteiger partial charge is 0.481 e.